The number of fused-ring (bicyclic) bond motifs is 11. The number of hydrogen-bond donors (Lipinski definition) is 0. The van der Waals surface area contributed by atoms with Gasteiger partial charge in [-0.05, 0) is 151 Å². The van der Waals surface area contributed by atoms with Crippen molar-refractivity contribution in [3.8, 4) is 33.4 Å². The molecule has 346 valence electrons. The highest BCUT2D eigenvalue weighted by molar-refractivity contribution is 6.05. The monoisotopic (exact) mass is 916 g/mol. The normalized spacial score (nSPS) is 14.9. The second-order valence-corrected chi connectivity index (χ2v) is 21.5. The van der Waals surface area contributed by atoms with Crippen LogP contribution in [-0.4, -0.2) is 0 Å². The summed E-state index contributed by atoms with van der Waals surface area (Å²) in [6, 6.07) is 78.5. The molecule has 3 aliphatic rings. The minimum atomic E-state index is -0.182. The Balaban J connectivity index is 1.01. The number of rotatable bonds is 10. The molecule has 10 aromatic carbocycles. The van der Waals surface area contributed by atoms with Gasteiger partial charge in [-0.3, -0.25) is 0 Å². The molecule has 0 saturated carbocycles. The van der Waals surface area contributed by atoms with Crippen LogP contribution < -0.4 is 9.80 Å². The van der Waals surface area contributed by atoms with E-state index in [9.17, 15) is 0 Å². The first-order valence-corrected chi connectivity index (χ1v) is 26.0. The smallest absolute Gasteiger partial charge is 0.0540 e. The first-order chi connectivity index (χ1) is 34.6. The van der Waals surface area contributed by atoms with Crippen LogP contribution in [0.25, 0.3) is 54.9 Å². The molecule has 0 atom stereocenters. The zero-order valence-corrected chi connectivity index (χ0v) is 41.9. The summed E-state index contributed by atoms with van der Waals surface area (Å²) < 4.78 is 0. The molecule has 0 spiro atoms. The SMILES string of the molecule is CCCC1(CCC)c2cc(N(c3ccc4c(c3)C(C)(C)c3ccccc3-4)c3ccc4c(c3)C(C)(C)c3ccccc3-4)ccc2-c2ccc(N(c3cccc4ccccc34)c3cccc4ccccc34)cc21. The largest absolute Gasteiger partial charge is 0.310 e. The van der Waals surface area contributed by atoms with Gasteiger partial charge in [0.2, 0.25) is 0 Å². The standard InChI is InChI=1S/C69H60N2/c1-7-39-69(40-8-2)63-43-49(33-37-57(63)58-38-34-50(44-64(58)69)71(65-29-17-21-45-19-9-11-23-51(45)65)66-30-18-22-46-20-10-12-24-52(46)66)70(47-31-35-55-53-25-13-15-27-59(53)67(3,4)61(55)41-47)48-32-36-56-54-26-14-16-28-60(54)68(5,6)62(56)42-48/h9-38,41-44H,7-8,39-40H2,1-6H3. The molecule has 0 heterocycles. The lowest BCUT2D eigenvalue weighted by atomic mass is 9.71. The van der Waals surface area contributed by atoms with Gasteiger partial charge in [0, 0.05) is 49.8 Å². The van der Waals surface area contributed by atoms with Gasteiger partial charge in [-0.15, -0.1) is 0 Å². The molecule has 71 heavy (non-hydrogen) atoms. The molecule has 0 radical (unpaired) electrons. The van der Waals surface area contributed by atoms with Crippen molar-refractivity contribution in [2.24, 2.45) is 0 Å². The van der Waals surface area contributed by atoms with Gasteiger partial charge in [0.05, 0.1) is 11.4 Å². The summed E-state index contributed by atoms with van der Waals surface area (Å²) in [5, 5.41) is 4.95. The second-order valence-electron chi connectivity index (χ2n) is 21.5. The summed E-state index contributed by atoms with van der Waals surface area (Å²) in [4.78, 5) is 5.10. The summed E-state index contributed by atoms with van der Waals surface area (Å²) >= 11 is 0. The Morgan fingerprint density at radius 3 is 1.08 bits per heavy atom. The van der Waals surface area contributed by atoms with Crippen LogP contribution in [0.2, 0.25) is 0 Å². The van der Waals surface area contributed by atoms with Crippen LogP contribution >= 0.6 is 0 Å². The molecule has 2 nitrogen and oxygen atoms in total. The molecule has 10 aromatic rings. The van der Waals surface area contributed by atoms with Crippen molar-refractivity contribution in [1.82, 2.24) is 0 Å². The third kappa shape index (κ3) is 6.39. The zero-order chi connectivity index (χ0) is 48.2. The Bertz CT molecular complexity index is 3570. The Morgan fingerprint density at radius 1 is 0.310 bits per heavy atom. The van der Waals surface area contributed by atoms with Crippen LogP contribution in [0.5, 0.6) is 0 Å². The fourth-order valence-corrected chi connectivity index (χ4v) is 13.6. The van der Waals surface area contributed by atoms with Crippen LogP contribution in [0, 0.1) is 0 Å². The molecule has 0 N–H and O–H groups in total. The predicted octanol–water partition coefficient (Wildman–Crippen LogP) is 19.4. The third-order valence-electron chi connectivity index (χ3n) is 16.9. The number of hydrogen-bond acceptors (Lipinski definition) is 2. The molecule has 3 aliphatic carbocycles. The van der Waals surface area contributed by atoms with Crippen molar-refractivity contribution >= 4 is 55.7 Å². The van der Waals surface area contributed by atoms with E-state index in [0.29, 0.717) is 0 Å². The average molecular weight is 917 g/mol. The van der Waals surface area contributed by atoms with Gasteiger partial charge in [0.25, 0.3) is 0 Å². The van der Waals surface area contributed by atoms with E-state index in [2.05, 4.69) is 258 Å². The maximum absolute atomic E-state index is 2.59. The van der Waals surface area contributed by atoms with E-state index in [1.54, 1.807) is 0 Å². The quantitative estimate of drug-likeness (QED) is 0.135. The van der Waals surface area contributed by atoms with Crippen molar-refractivity contribution in [3.05, 3.63) is 240 Å². The van der Waals surface area contributed by atoms with Crippen LogP contribution in [0.4, 0.5) is 34.1 Å². The average Bonchev–Trinajstić information content (AvgIpc) is 3.90. The van der Waals surface area contributed by atoms with Gasteiger partial charge in [-0.2, -0.15) is 0 Å². The summed E-state index contributed by atoms with van der Waals surface area (Å²) in [5.41, 5.74) is 23.2. The first-order valence-electron chi connectivity index (χ1n) is 26.0. The summed E-state index contributed by atoms with van der Waals surface area (Å²) in [5.74, 6) is 0. The maximum atomic E-state index is 2.59. The van der Waals surface area contributed by atoms with Crippen LogP contribution in [0.1, 0.15) is 101 Å². The van der Waals surface area contributed by atoms with Crippen molar-refractivity contribution in [3.63, 3.8) is 0 Å². The zero-order valence-electron chi connectivity index (χ0n) is 41.9. The van der Waals surface area contributed by atoms with E-state index in [1.165, 1.54) is 122 Å². The van der Waals surface area contributed by atoms with Crippen LogP contribution in [0.3, 0.4) is 0 Å². The van der Waals surface area contributed by atoms with E-state index in [1.807, 2.05) is 0 Å². The van der Waals surface area contributed by atoms with Gasteiger partial charge in [-0.25, -0.2) is 0 Å². The Morgan fingerprint density at radius 2 is 0.648 bits per heavy atom. The highest BCUT2D eigenvalue weighted by Crippen LogP contribution is 2.58. The first kappa shape index (κ1) is 43.3. The highest BCUT2D eigenvalue weighted by Gasteiger charge is 2.44. The maximum Gasteiger partial charge on any atom is 0.0540 e. The van der Waals surface area contributed by atoms with Gasteiger partial charge in [0.1, 0.15) is 0 Å². The van der Waals surface area contributed by atoms with Crippen LogP contribution in [-0.2, 0) is 16.2 Å². The van der Waals surface area contributed by atoms with Gasteiger partial charge >= 0.3 is 0 Å². The van der Waals surface area contributed by atoms with Crippen LogP contribution in [0.15, 0.2) is 206 Å². The molecular weight excluding hydrogens is 857 g/mol. The molecule has 0 fully saturated rings. The lowest BCUT2D eigenvalue weighted by Crippen LogP contribution is -2.26. The van der Waals surface area contributed by atoms with Gasteiger partial charge in [-0.1, -0.05) is 200 Å². The summed E-state index contributed by atoms with van der Waals surface area (Å²) in [6.45, 7) is 14.3. The predicted molar refractivity (Wildman–Crippen MR) is 302 cm³/mol. The van der Waals surface area contributed by atoms with Crippen molar-refractivity contribution in [2.45, 2.75) is 83.5 Å². The molecule has 0 aromatic heterocycles. The van der Waals surface area contributed by atoms with E-state index < -0.39 is 0 Å². The second kappa shape index (κ2) is 16.2. The van der Waals surface area contributed by atoms with E-state index in [-0.39, 0.29) is 16.2 Å². The molecule has 2 heteroatoms. The Labute approximate surface area is 419 Å². The van der Waals surface area contributed by atoms with Gasteiger partial charge < -0.3 is 9.80 Å². The minimum Gasteiger partial charge on any atom is -0.310 e. The summed E-state index contributed by atoms with van der Waals surface area (Å²) in [6.07, 6.45) is 4.28. The fourth-order valence-electron chi connectivity index (χ4n) is 13.6. The molecule has 0 aliphatic heterocycles. The number of anilines is 6. The summed E-state index contributed by atoms with van der Waals surface area (Å²) in [7, 11) is 0. The third-order valence-corrected chi connectivity index (χ3v) is 16.9. The molecule has 13 rings (SSSR count). The lowest BCUT2D eigenvalue weighted by Gasteiger charge is -2.35. The Kier molecular flexibility index (Phi) is 9.88. The topological polar surface area (TPSA) is 6.48 Å². The highest BCUT2D eigenvalue weighted by atomic mass is 15.2. The van der Waals surface area contributed by atoms with E-state index >= 15 is 0 Å². The van der Waals surface area contributed by atoms with Crippen molar-refractivity contribution < 1.29 is 0 Å². The molecule has 0 saturated heterocycles. The van der Waals surface area contributed by atoms with E-state index in [0.717, 1.165) is 25.7 Å². The van der Waals surface area contributed by atoms with Crippen molar-refractivity contribution in [2.75, 3.05) is 9.80 Å². The van der Waals surface area contributed by atoms with Crippen molar-refractivity contribution in [1.29, 1.82) is 0 Å². The lowest BCUT2D eigenvalue weighted by molar-refractivity contribution is 0.436. The Hall–Kier alpha value is -7.68. The molecule has 0 amide bonds. The minimum absolute atomic E-state index is 0.129. The molecular formula is C69H60N2. The molecule has 0 unspecified atom stereocenters. The number of nitrogens with zero attached hydrogens (tertiary/aromatic N) is 2. The number of benzene rings is 10. The molecule has 0 bridgehead atoms. The fraction of sp³-hybridized carbons (Fsp3) is 0.188. The van der Waals surface area contributed by atoms with E-state index in [4.69, 9.17) is 0 Å². The van der Waals surface area contributed by atoms with Gasteiger partial charge in [0.15, 0.2) is 0 Å².